The maximum absolute atomic E-state index is 13.1. The molecule has 76 valence electrons. The molecule has 0 aromatic carbocycles. The highest BCUT2D eigenvalue weighted by Crippen LogP contribution is 2.23. The molecule has 0 aliphatic heterocycles. The van der Waals surface area contributed by atoms with E-state index in [0.29, 0.717) is 0 Å². The van der Waals surface area contributed by atoms with Gasteiger partial charge in [-0.05, 0) is 31.4 Å². The van der Waals surface area contributed by atoms with Crippen LogP contribution in [0, 0.1) is 5.82 Å². The topological polar surface area (TPSA) is 48.1 Å². The fourth-order valence-electron chi connectivity index (χ4n) is 1.70. The van der Waals surface area contributed by atoms with E-state index in [1.165, 1.54) is 12.3 Å². The number of ether oxygens (including phenoxy) is 1. The first kappa shape index (κ1) is 9.40. The van der Waals surface area contributed by atoms with Crippen molar-refractivity contribution in [3.63, 3.8) is 0 Å². The van der Waals surface area contributed by atoms with Crippen molar-refractivity contribution in [2.75, 3.05) is 0 Å². The molecule has 0 spiro atoms. The number of pyridine rings is 1. The molecule has 0 radical (unpaired) electrons. The maximum atomic E-state index is 13.1. The van der Waals surface area contributed by atoms with Crippen LogP contribution in [0.3, 0.4) is 0 Å². The summed E-state index contributed by atoms with van der Waals surface area (Å²) in [6.07, 6.45) is 4.16. The van der Waals surface area contributed by atoms with E-state index in [0.717, 1.165) is 19.3 Å². The van der Waals surface area contributed by atoms with Crippen LogP contribution in [-0.4, -0.2) is 17.1 Å². The predicted molar refractivity (Wildman–Crippen MR) is 50.4 cm³/mol. The molecule has 1 saturated carbocycles. The number of hydrogen-bond acceptors (Lipinski definition) is 3. The Morgan fingerprint density at radius 3 is 3.00 bits per heavy atom. The van der Waals surface area contributed by atoms with E-state index in [4.69, 9.17) is 10.5 Å². The zero-order chi connectivity index (χ0) is 9.97. The van der Waals surface area contributed by atoms with Gasteiger partial charge < -0.3 is 10.5 Å². The lowest BCUT2D eigenvalue weighted by molar-refractivity contribution is 0.190. The molecule has 2 rings (SSSR count). The highest BCUT2D eigenvalue weighted by Gasteiger charge is 2.24. The first-order chi connectivity index (χ1) is 6.75. The van der Waals surface area contributed by atoms with E-state index in [1.807, 2.05) is 0 Å². The van der Waals surface area contributed by atoms with Gasteiger partial charge in [-0.15, -0.1) is 0 Å². The number of nitrogens with two attached hydrogens (primary N) is 1. The van der Waals surface area contributed by atoms with E-state index < -0.39 is 5.82 Å². The fraction of sp³-hybridized carbons (Fsp3) is 0.500. The summed E-state index contributed by atoms with van der Waals surface area (Å²) in [4.78, 5) is 3.83. The average molecular weight is 196 g/mol. The van der Waals surface area contributed by atoms with Gasteiger partial charge in [-0.3, -0.25) is 0 Å². The van der Waals surface area contributed by atoms with Gasteiger partial charge in [-0.25, -0.2) is 9.37 Å². The van der Waals surface area contributed by atoms with Gasteiger partial charge in [0.1, 0.15) is 6.10 Å². The molecule has 1 heterocycles. The van der Waals surface area contributed by atoms with Crippen molar-refractivity contribution in [3.8, 4) is 5.88 Å². The van der Waals surface area contributed by atoms with E-state index in [2.05, 4.69) is 4.98 Å². The summed E-state index contributed by atoms with van der Waals surface area (Å²) < 4.78 is 18.5. The van der Waals surface area contributed by atoms with Gasteiger partial charge in [0.15, 0.2) is 5.82 Å². The smallest absolute Gasteiger partial charge is 0.250 e. The zero-order valence-electron chi connectivity index (χ0n) is 7.82. The molecule has 1 aliphatic carbocycles. The lowest BCUT2D eigenvalue weighted by atomic mass is 10.3. The summed E-state index contributed by atoms with van der Waals surface area (Å²) in [6.45, 7) is 0. The molecule has 3 nitrogen and oxygen atoms in total. The molecule has 14 heavy (non-hydrogen) atoms. The molecule has 2 unspecified atom stereocenters. The standard InChI is InChI=1S/C10H13FN2O/c11-9-2-1-5-13-10(9)14-8-4-3-7(12)6-8/h1-2,5,7-8H,3-4,6,12H2. The zero-order valence-corrected chi connectivity index (χ0v) is 7.82. The van der Waals surface area contributed by atoms with E-state index >= 15 is 0 Å². The molecular formula is C10H13FN2O. The van der Waals surface area contributed by atoms with Crippen LogP contribution >= 0.6 is 0 Å². The molecule has 0 saturated heterocycles. The normalized spacial score (nSPS) is 26.4. The highest BCUT2D eigenvalue weighted by molar-refractivity contribution is 5.13. The Kier molecular flexibility index (Phi) is 2.63. The summed E-state index contributed by atoms with van der Waals surface area (Å²) in [6, 6.07) is 3.08. The minimum atomic E-state index is -0.409. The Hall–Kier alpha value is -1.16. The number of nitrogens with zero attached hydrogens (tertiary/aromatic N) is 1. The van der Waals surface area contributed by atoms with Crippen molar-refractivity contribution in [2.24, 2.45) is 5.73 Å². The Bertz CT molecular complexity index is 319. The van der Waals surface area contributed by atoms with Crippen molar-refractivity contribution in [1.82, 2.24) is 4.98 Å². The average Bonchev–Trinajstić information content (AvgIpc) is 2.56. The van der Waals surface area contributed by atoms with Crippen molar-refractivity contribution < 1.29 is 9.13 Å². The number of halogens is 1. The fourth-order valence-corrected chi connectivity index (χ4v) is 1.70. The van der Waals surface area contributed by atoms with Crippen LogP contribution in [0.1, 0.15) is 19.3 Å². The van der Waals surface area contributed by atoms with Gasteiger partial charge in [-0.2, -0.15) is 0 Å². The van der Waals surface area contributed by atoms with Crippen molar-refractivity contribution in [2.45, 2.75) is 31.4 Å². The van der Waals surface area contributed by atoms with Crippen molar-refractivity contribution in [1.29, 1.82) is 0 Å². The summed E-state index contributed by atoms with van der Waals surface area (Å²) >= 11 is 0. The summed E-state index contributed by atoms with van der Waals surface area (Å²) in [7, 11) is 0. The first-order valence-corrected chi connectivity index (χ1v) is 4.78. The van der Waals surface area contributed by atoms with E-state index in [9.17, 15) is 4.39 Å². The third kappa shape index (κ3) is 2.01. The summed E-state index contributed by atoms with van der Waals surface area (Å²) in [5, 5.41) is 0. The van der Waals surface area contributed by atoms with Gasteiger partial charge in [0.2, 0.25) is 0 Å². The Morgan fingerprint density at radius 2 is 2.36 bits per heavy atom. The van der Waals surface area contributed by atoms with Crippen molar-refractivity contribution >= 4 is 0 Å². The molecule has 4 heteroatoms. The highest BCUT2D eigenvalue weighted by atomic mass is 19.1. The monoisotopic (exact) mass is 196 g/mol. The molecule has 2 atom stereocenters. The molecular weight excluding hydrogens is 183 g/mol. The largest absolute Gasteiger partial charge is 0.472 e. The Labute approximate surface area is 82.1 Å². The molecule has 1 aliphatic rings. The minimum Gasteiger partial charge on any atom is -0.472 e. The van der Waals surface area contributed by atoms with Gasteiger partial charge in [0.05, 0.1) is 0 Å². The molecule has 0 bridgehead atoms. The minimum absolute atomic E-state index is 0.0226. The van der Waals surface area contributed by atoms with Gasteiger partial charge in [0.25, 0.3) is 5.88 Å². The number of aromatic nitrogens is 1. The molecule has 1 fully saturated rings. The summed E-state index contributed by atoms with van der Waals surface area (Å²) in [5.41, 5.74) is 5.72. The molecule has 1 aromatic heterocycles. The third-order valence-corrected chi connectivity index (χ3v) is 2.43. The second-order valence-corrected chi connectivity index (χ2v) is 3.60. The van der Waals surface area contributed by atoms with E-state index in [-0.39, 0.29) is 18.0 Å². The van der Waals surface area contributed by atoms with Crippen LogP contribution in [0.5, 0.6) is 5.88 Å². The van der Waals surface area contributed by atoms with Gasteiger partial charge >= 0.3 is 0 Å². The first-order valence-electron chi connectivity index (χ1n) is 4.78. The van der Waals surface area contributed by atoms with Gasteiger partial charge in [-0.1, -0.05) is 0 Å². The quantitative estimate of drug-likeness (QED) is 0.779. The van der Waals surface area contributed by atoms with Crippen LogP contribution in [0.25, 0.3) is 0 Å². The third-order valence-electron chi connectivity index (χ3n) is 2.43. The molecule has 1 aromatic rings. The lowest BCUT2D eigenvalue weighted by Crippen LogP contribution is -2.19. The summed E-state index contributed by atoms with van der Waals surface area (Å²) in [5.74, 6) is -0.320. The molecule has 0 amide bonds. The van der Waals surface area contributed by atoms with E-state index in [1.54, 1.807) is 6.07 Å². The lowest BCUT2D eigenvalue weighted by Gasteiger charge is -2.12. The number of hydrogen-bond donors (Lipinski definition) is 1. The molecule has 2 N–H and O–H groups in total. The van der Waals surface area contributed by atoms with Gasteiger partial charge in [0, 0.05) is 12.2 Å². The Morgan fingerprint density at radius 1 is 1.50 bits per heavy atom. The Balaban J connectivity index is 2.01. The second-order valence-electron chi connectivity index (χ2n) is 3.60. The van der Waals surface area contributed by atoms with Crippen LogP contribution in [0.15, 0.2) is 18.3 Å². The predicted octanol–water partition coefficient (Wildman–Crippen LogP) is 1.48. The SMILES string of the molecule is NC1CCC(Oc2ncccc2F)C1. The number of rotatable bonds is 2. The van der Waals surface area contributed by atoms with Crippen LogP contribution in [-0.2, 0) is 0 Å². The van der Waals surface area contributed by atoms with Crippen LogP contribution < -0.4 is 10.5 Å². The van der Waals surface area contributed by atoms with Crippen LogP contribution in [0.2, 0.25) is 0 Å². The van der Waals surface area contributed by atoms with Crippen LogP contribution in [0.4, 0.5) is 4.39 Å². The van der Waals surface area contributed by atoms with Crippen molar-refractivity contribution in [3.05, 3.63) is 24.1 Å². The second kappa shape index (κ2) is 3.92. The maximum Gasteiger partial charge on any atom is 0.250 e.